The van der Waals surface area contributed by atoms with Crippen molar-refractivity contribution >= 4 is 5.65 Å². The molecule has 0 aliphatic rings. The van der Waals surface area contributed by atoms with Gasteiger partial charge in [0.1, 0.15) is 6.33 Å². The van der Waals surface area contributed by atoms with Crippen LogP contribution in [0.15, 0.2) is 24.9 Å². The largest absolute Gasteiger partial charge is 0.286 e. The van der Waals surface area contributed by atoms with Gasteiger partial charge in [-0.05, 0) is 0 Å². The van der Waals surface area contributed by atoms with Crippen molar-refractivity contribution in [3.05, 3.63) is 24.9 Å². The molecule has 58 valence electrons. The van der Waals surface area contributed by atoms with Gasteiger partial charge in [-0.3, -0.25) is 9.38 Å². The summed E-state index contributed by atoms with van der Waals surface area (Å²) in [5, 5.41) is 7.44. The Bertz CT molecular complexity index is 284. The average molecular weight is 150 g/mol. The molecule has 4 nitrogen and oxygen atoms in total. The molecule has 0 spiro atoms. The Labute approximate surface area is 64.9 Å². The predicted octanol–water partition coefficient (Wildman–Crippen LogP) is 1.15. The summed E-state index contributed by atoms with van der Waals surface area (Å²) in [6.45, 7) is 4.00. The third-order valence-electron chi connectivity index (χ3n) is 1.10. The molecule has 2 aromatic heterocycles. The van der Waals surface area contributed by atoms with Gasteiger partial charge < -0.3 is 0 Å². The molecular formula is C7H10N4. The molecule has 0 aliphatic carbocycles. The second-order valence-corrected chi connectivity index (χ2v) is 1.67. The summed E-state index contributed by atoms with van der Waals surface area (Å²) in [7, 11) is 0. The highest BCUT2D eigenvalue weighted by Crippen LogP contribution is 1.90. The quantitative estimate of drug-likeness (QED) is 0.565. The van der Waals surface area contributed by atoms with Crippen molar-refractivity contribution in [1.29, 1.82) is 0 Å². The van der Waals surface area contributed by atoms with Crippen molar-refractivity contribution in [2.75, 3.05) is 0 Å². The second-order valence-electron chi connectivity index (χ2n) is 1.67. The first kappa shape index (κ1) is 7.65. The number of rotatable bonds is 0. The van der Waals surface area contributed by atoms with Crippen molar-refractivity contribution in [2.45, 2.75) is 13.8 Å². The third-order valence-corrected chi connectivity index (χ3v) is 1.10. The molecule has 0 aliphatic heterocycles. The van der Waals surface area contributed by atoms with E-state index < -0.39 is 0 Å². The number of hydrogen-bond acceptors (Lipinski definition) is 3. The van der Waals surface area contributed by atoms with E-state index >= 15 is 0 Å². The molecule has 0 amide bonds. The molecule has 0 atom stereocenters. The van der Waals surface area contributed by atoms with Crippen molar-refractivity contribution in [2.24, 2.45) is 0 Å². The highest BCUT2D eigenvalue weighted by molar-refractivity contribution is 5.30. The molecule has 4 heteroatoms. The normalized spacial score (nSPS) is 8.91. The lowest BCUT2D eigenvalue weighted by molar-refractivity contribution is 1.10. The van der Waals surface area contributed by atoms with Crippen molar-refractivity contribution in [3.8, 4) is 0 Å². The molecule has 0 aromatic carbocycles. The van der Waals surface area contributed by atoms with Crippen LogP contribution >= 0.6 is 0 Å². The Balaban J connectivity index is 0.000000281. The van der Waals surface area contributed by atoms with E-state index in [0.29, 0.717) is 0 Å². The smallest absolute Gasteiger partial charge is 0.179 e. The predicted molar refractivity (Wildman–Crippen MR) is 42.1 cm³/mol. The molecule has 2 heterocycles. The van der Waals surface area contributed by atoms with Gasteiger partial charge in [0.15, 0.2) is 5.65 Å². The Morgan fingerprint density at radius 3 is 2.91 bits per heavy atom. The molecule has 0 bridgehead atoms. The monoisotopic (exact) mass is 150 g/mol. The molecule has 0 saturated carbocycles. The maximum Gasteiger partial charge on any atom is 0.179 e. The van der Waals surface area contributed by atoms with E-state index in [1.54, 1.807) is 29.3 Å². The molecule has 0 radical (unpaired) electrons. The summed E-state index contributed by atoms with van der Waals surface area (Å²) in [5.74, 6) is 0. The van der Waals surface area contributed by atoms with Crippen LogP contribution in [0.1, 0.15) is 13.8 Å². The molecular weight excluding hydrogens is 140 g/mol. The molecule has 0 unspecified atom stereocenters. The number of fused-ring (bicyclic) bond motifs is 1. The first-order chi connectivity index (χ1) is 5.47. The van der Waals surface area contributed by atoms with Crippen LogP contribution in [0.3, 0.4) is 0 Å². The molecule has 11 heavy (non-hydrogen) atoms. The van der Waals surface area contributed by atoms with Gasteiger partial charge in [0, 0.05) is 12.4 Å². The highest BCUT2D eigenvalue weighted by atomic mass is 15.2. The number of nitrogens with zero attached hydrogens (tertiary/aromatic N) is 4. The van der Waals surface area contributed by atoms with Crippen LogP contribution in [0.4, 0.5) is 0 Å². The van der Waals surface area contributed by atoms with Gasteiger partial charge in [0.25, 0.3) is 0 Å². The van der Waals surface area contributed by atoms with E-state index in [1.165, 1.54) is 0 Å². The van der Waals surface area contributed by atoms with Crippen LogP contribution < -0.4 is 0 Å². The van der Waals surface area contributed by atoms with E-state index in [2.05, 4.69) is 15.2 Å². The average Bonchev–Trinajstić information content (AvgIpc) is 2.55. The summed E-state index contributed by atoms with van der Waals surface area (Å²) in [6.07, 6.45) is 6.79. The lowest BCUT2D eigenvalue weighted by Gasteiger charge is -1.84. The fraction of sp³-hybridized carbons (Fsp3) is 0.286. The fourth-order valence-corrected chi connectivity index (χ4v) is 0.679. The van der Waals surface area contributed by atoms with Crippen LogP contribution in [-0.4, -0.2) is 19.6 Å². The van der Waals surface area contributed by atoms with Gasteiger partial charge in [0.05, 0.1) is 6.20 Å². The van der Waals surface area contributed by atoms with Crippen LogP contribution in [0.5, 0.6) is 0 Å². The minimum atomic E-state index is 0.775. The van der Waals surface area contributed by atoms with E-state index in [0.717, 1.165) is 5.65 Å². The molecule has 0 N–H and O–H groups in total. The summed E-state index contributed by atoms with van der Waals surface area (Å²) in [5.41, 5.74) is 0.775. The Morgan fingerprint density at radius 2 is 2.18 bits per heavy atom. The van der Waals surface area contributed by atoms with Gasteiger partial charge in [-0.25, -0.2) is 0 Å². The summed E-state index contributed by atoms with van der Waals surface area (Å²) >= 11 is 0. The zero-order chi connectivity index (χ0) is 8.10. The van der Waals surface area contributed by atoms with Crippen LogP contribution in [0.25, 0.3) is 5.65 Å². The number of hydrogen-bond donors (Lipinski definition) is 0. The van der Waals surface area contributed by atoms with Crippen molar-refractivity contribution in [3.63, 3.8) is 0 Å². The lowest BCUT2D eigenvalue weighted by Crippen LogP contribution is -1.81. The van der Waals surface area contributed by atoms with Crippen LogP contribution in [0, 0.1) is 0 Å². The van der Waals surface area contributed by atoms with E-state index in [4.69, 9.17) is 0 Å². The number of aromatic nitrogens is 4. The molecule has 0 saturated heterocycles. The van der Waals surface area contributed by atoms with Gasteiger partial charge in [-0.1, -0.05) is 13.8 Å². The van der Waals surface area contributed by atoms with Gasteiger partial charge in [0.2, 0.25) is 0 Å². The first-order valence-electron chi connectivity index (χ1n) is 3.56. The standard InChI is InChI=1S/C5H4N4.C2H6/c1-2-9-4-7-8-5(9)3-6-1;1-2/h1-4H;1-2H3. The van der Waals surface area contributed by atoms with Crippen molar-refractivity contribution < 1.29 is 0 Å². The Kier molecular flexibility index (Phi) is 2.54. The summed E-state index contributed by atoms with van der Waals surface area (Å²) in [4.78, 5) is 3.86. The fourth-order valence-electron chi connectivity index (χ4n) is 0.679. The first-order valence-corrected chi connectivity index (χ1v) is 3.56. The second kappa shape index (κ2) is 3.65. The lowest BCUT2D eigenvalue weighted by atomic mass is 10.7. The van der Waals surface area contributed by atoms with Gasteiger partial charge in [-0.15, -0.1) is 10.2 Å². The van der Waals surface area contributed by atoms with Crippen LogP contribution in [0.2, 0.25) is 0 Å². The zero-order valence-corrected chi connectivity index (χ0v) is 6.60. The van der Waals surface area contributed by atoms with E-state index in [9.17, 15) is 0 Å². The van der Waals surface area contributed by atoms with E-state index in [-0.39, 0.29) is 0 Å². The van der Waals surface area contributed by atoms with Crippen LogP contribution in [-0.2, 0) is 0 Å². The summed E-state index contributed by atoms with van der Waals surface area (Å²) in [6, 6.07) is 0. The third kappa shape index (κ3) is 1.52. The summed E-state index contributed by atoms with van der Waals surface area (Å²) < 4.78 is 1.80. The van der Waals surface area contributed by atoms with Gasteiger partial charge in [-0.2, -0.15) is 0 Å². The zero-order valence-electron chi connectivity index (χ0n) is 6.60. The maximum absolute atomic E-state index is 3.86. The topological polar surface area (TPSA) is 43.1 Å². The van der Waals surface area contributed by atoms with Crippen molar-refractivity contribution in [1.82, 2.24) is 19.6 Å². The van der Waals surface area contributed by atoms with Gasteiger partial charge >= 0.3 is 0 Å². The Morgan fingerprint density at radius 1 is 1.36 bits per heavy atom. The maximum atomic E-state index is 3.86. The minimum Gasteiger partial charge on any atom is -0.286 e. The SMILES string of the molecule is CC.c1cn2cnnc2cn1. The molecule has 2 rings (SSSR count). The molecule has 0 fully saturated rings. The highest BCUT2D eigenvalue weighted by Gasteiger charge is 1.88. The minimum absolute atomic E-state index is 0.775. The van der Waals surface area contributed by atoms with E-state index in [1.807, 2.05) is 13.8 Å². The Hall–Kier alpha value is -1.45. The molecule has 2 aromatic rings.